The minimum absolute atomic E-state index is 0.0278. The normalized spacial score (nSPS) is 15.3. The van der Waals surface area contributed by atoms with Gasteiger partial charge in [-0.3, -0.25) is 0 Å². The molecule has 22 heavy (non-hydrogen) atoms. The first-order chi connectivity index (χ1) is 10.6. The molecule has 0 bridgehead atoms. The maximum Gasteiger partial charge on any atom is 0.335 e. The van der Waals surface area contributed by atoms with Crippen LogP contribution in [-0.2, 0) is 12.1 Å². The molecule has 0 amide bonds. The molecule has 3 rings (SSSR count). The van der Waals surface area contributed by atoms with Gasteiger partial charge < -0.3 is 15.2 Å². The average Bonchev–Trinajstić information content (AvgIpc) is 3.34. The van der Waals surface area contributed by atoms with E-state index in [2.05, 4.69) is 17.4 Å². The van der Waals surface area contributed by atoms with Crippen molar-refractivity contribution in [1.29, 1.82) is 0 Å². The second-order valence-electron chi connectivity index (χ2n) is 5.67. The molecule has 2 N–H and O–H groups in total. The van der Waals surface area contributed by atoms with Gasteiger partial charge in [0.25, 0.3) is 0 Å². The Labute approximate surface area is 129 Å². The number of methoxy groups -OCH3 is 1. The van der Waals surface area contributed by atoms with Crippen LogP contribution in [0.3, 0.4) is 0 Å². The number of nitrogens with one attached hydrogen (secondary N) is 1. The third-order valence-electron chi connectivity index (χ3n) is 4.20. The topological polar surface area (TPSA) is 58.6 Å². The van der Waals surface area contributed by atoms with E-state index in [9.17, 15) is 4.79 Å². The van der Waals surface area contributed by atoms with E-state index in [0.29, 0.717) is 5.56 Å². The summed E-state index contributed by atoms with van der Waals surface area (Å²) < 4.78 is 5.29. The van der Waals surface area contributed by atoms with E-state index in [1.165, 1.54) is 5.56 Å². The quantitative estimate of drug-likeness (QED) is 0.860. The lowest BCUT2D eigenvalue weighted by Crippen LogP contribution is -2.28. The molecule has 1 aliphatic carbocycles. The summed E-state index contributed by atoms with van der Waals surface area (Å²) in [5.41, 5.74) is 2.67. The minimum Gasteiger partial charge on any atom is -0.497 e. The van der Waals surface area contributed by atoms with Gasteiger partial charge >= 0.3 is 5.97 Å². The predicted octanol–water partition coefficient (Wildman–Crippen LogP) is 3.17. The molecular formula is C18H19NO3. The summed E-state index contributed by atoms with van der Waals surface area (Å²) in [6, 6.07) is 15.2. The van der Waals surface area contributed by atoms with Crippen LogP contribution >= 0.6 is 0 Å². The molecule has 1 fully saturated rings. The zero-order valence-electron chi connectivity index (χ0n) is 12.5. The van der Waals surface area contributed by atoms with E-state index >= 15 is 0 Å². The number of benzene rings is 2. The van der Waals surface area contributed by atoms with Crippen molar-refractivity contribution in [1.82, 2.24) is 5.32 Å². The molecular weight excluding hydrogens is 278 g/mol. The number of aromatic carboxylic acids is 1. The van der Waals surface area contributed by atoms with E-state index in [-0.39, 0.29) is 5.54 Å². The molecule has 1 aliphatic rings. The molecule has 4 heteroatoms. The van der Waals surface area contributed by atoms with Crippen molar-refractivity contribution in [3.05, 3.63) is 65.2 Å². The van der Waals surface area contributed by atoms with Crippen LogP contribution in [0, 0.1) is 0 Å². The monoisotopic (exact) mass is 297 g/mol. The molecule has 2 aromatic carbocycles. The maximum absolute atomic E-state index is 10.9. The molecule has 0 aliphatic heterocycles. The molecule has 0 heterocycles. The van der Waals surface area contributed by atoms with Crippen LogP contribution in [0.5, 0.6) is 5.75 Å². The summed E-state index contributed by atoms with van der Waals surface area (Å²) in [4.78, 5) is 10.9. The van der Waals surface area contributed by atoms with Gasteiger partial charge in [-0.2, -0.15) is 0 Å². The highest BCUT2D eigenvalue weighted by molar-refractivity contribution is 5.87. The fourth-order valence-corrected chi connectivity index (χ4v) is 2.65. The summed E-state index contributed by atoms with van der Waals surface area (Å²) in [5.74, 6) is -0.0223. The highest BCUT2D eigenvalue weighted by atomic mass is 16.5. The van der Waals surface area contributed by atoms with Gasteiger partial charge in [0.15, 0.2) is 0 Å². The molecule has 1 saturated carbocycles. The fourth-order valence-electron chi connectivity index (χ4n) is 2.65. The number of hydrogen-bond donors (Lipinski definition) is 2. The predicted molar refractivity (Wildman–Crippen MR) is 84.1 cm³/mol. The summed E-state index contributed by atoms with van der Waals surface area (Å²) in [7, 11) is 1.68. The van der Waals surface area contributed by atoms with Gasteiger partial charge in [0, 0.05) is 12.1 Å². The van der Waals surface area contributed by atoms with Crippen LogP contribution in [0.1, 0.15) is 34.3 Å². The third-order valence-corrected chi connectivity index (χ3v) is 4.20. The Bertz CT molecular complexity index is 675. The van der Waals surface area contributed by atoms with E-state index in [4.69, 9.17) is 9.84 Å². The largest absolute Gasteiger partial charge is 0.497 e. The van der Waals surface area contributed by atoms with Crippen LogP contribution in [0.4, 0.5) is 0 Å². The van der Waals surface area contributed by atoms with E-state index in [0.717, 1.165) is 30.7 Å². The first-order valence-corrected chi connectivity index (χ1v) is 7.35. The van der Waals surface area contributed by atoms with Crippen LogP contribution in [-0.4, -0.2) is 18.2 Å². The van der Waals surface area contributed by atoms with Gasteiger partial charge in [-0.05, 0) is 48.2 Å². The van der Waals surface area contributed by atoms with Crippen LogP contribution in [0.2, 0.25) is 0 Å². The molecule has 2 aromatic rings. The Hall–Kier alpha value is -2.33. The number of carboxylic acid groups (broad SMARTS) is 1. The summed E-state index contributed by atoms with van der Waals surface area (Å²) in [5, 5.41) is 12.5. The van der Waals surface area contributed by atoms with Crippen molar-refractivity contribution in [3.8, 4) is 5.75 Å². The Kier molecular flexibility index (Phi) is 3.86. The SMILES string of the molecule is COc1cccc(C2(NCc3ccc(C(=O)O)cc3)CC2)c1. The Morgan fingerprint density at radius 2 is 1.95 bits per heavy atom. The zero-order chi connectivity index (χ0) is 15.6. The summed E-state index contributed by atoms with van der Waals surface area (Å²) in [6.45, 7) is 0.719. The number of hydrogen-bond acceptors (Lipinski definition) is 3. The first kappa shape index (κ1) is 14.6. The van der Waals surface area contributed by atoms with Crippen molar-refractivity contribution >= 4 is 5.97 Å². The molecule has 4 nitrogen and oxygen atoms in total. The molecule has 0 radical (unpaired) electrons. The van der Waals surface area contributed by atoms with Crippen molar-refractivity contribution in [2.75, 3.05) is 7.11 Å². The van der Waals surface area contributed by atoms with Crippen molar-refractivity contribution < 1.29 is 14.6 Å². The third kappa shape index (κ3) is 2.97. The van der Waals surface area contributed by atoms with Gasteiger partial charge in [0.2, 0.25) is 0 Å². The van der Waals surface area contributed by atoms with Crippen LogP contribution in [0.25, 0.3) is 0 Å². The molecule has 0 atom stereocenters. The number of carbonyl (C=O) groups is 1. The lowest BCUT2D eigenvalue weighted by molar-refractivity contribution is 0.0697. The smallest absolute Gasteiger partial charge is 0.335 e. The summed E-state index contributed by atoms with van der Waals surface area (Å²) in [6.07, 6.45) is 2.21. The maximum atomic E-state index is 10.9. The van der Waals surface area contributed by atoms with Crippen LogP contribution < -0.4 is 10.1 Å². The minimum atomic E-state index is -0.894. The van der Waals surface area contributed by atoms with Crippen molar-refractivity contribution in [2.24, 2.45) is 0 Å². The van der Waals surface area contributed by atoms with Gasteiger partial charge in [0.05, 0.1) is 12.7 Å². The molecule has 0 aromatic heterocycles. The van der Waals surface area contributed by atoms with E-state index in [1.807, 2.05) is 24.3 Å². The average molecular weight is 297 g/mol. The standard InChI is InChI=1S/C18H19NO3/c1-22-16-4-2-3-15(11-16)18(9-10-18)19-12-13-5-7-14(8-6-13)17(20)21/h2-8,11,19H,9-10,12H2,1H3,(H,20,21). The molecule has 0 saturated heterocycles. The highest BCUT2D eigenvalue weighted by Gasteiger charge is 2.43. The number of carboxylic acids is 1. The Morgan fingerprint density at radius 3 is 2.55 bits per heavy atom. The number of rotatable bonds is 6. The molecule has 0 spiro atoms. The number of ether oxygens (including phenoxy) is 1. The van der Waals surface area contributed by atoms with Gasteiger partial charge in [-0.15, -0.1) is 0 Å². The lowest BCUT2D eigenvalue weighted by atomic mass is 10.0. The van der Waals surface area contributed by atoms with Gasteiger partial charge in [-0.1, -0.05) is 24.3 Å². The second kappa shape index (κ2) is 5.81. The van der Waals surface area contributed by atoms with E-state index < -0.39 is 5.97 Å². The molecule has 0 unspecified atom stereocenters. The van der Waals surface area contributed by atoms with Crippen LogP contribution in [0.15, 0.2) is 48.5 Å². The second-order valence-corrected chi connectivity index (χ2v) is 5.67. The fraction of sp³-hybridized carbons (Fsp3) is 0.278. The zero-order valence-corrected chi connectivity index (χ0v) is 12.5. The lowest BCUT2D eigenvalue weighted by Gasteiger charge is -2.19. The van der Waals surface area contributed by atoms with Crippen molar-refractivity contribution in [3.63, 3.8) is 0 Å². The van der Waals surface area contributed by atoms with E-state index in [1.54, 1.807) is 19.2 Å². The highest BCUT2D eigenvalue weighted by Crippen LogP contribution is 2.46. The molecule has 114 valence electrons. The first-order valence-electron chi connectivity index (χ1n) is 7.35. The van der Waals surface area contributed by atoms with Gasteiger partial charge in [-0.25, -0.2) is 4.79 Å². The van der Waals surface area contributed by atoms with Gasteiger partial charge in [0.1, 0.15) is 5.75 Å². The van der Waals surface area contributed by atoms with Crippen molar-refractivity contribution in [2.45, 2.75) is 24.9 Å². The Morgan fingerprint density at radius 1 is 1.23 bits per heavy atom. The summed E-state index contributed by atoms with van der Waals surface area (Å²) >= 11 is 0. The Balaban J connectivity index is 1.68.